The molecule has 4 aromatic rings. The molecule has 36 heavy (non-hydrogen) atoms. The van der Waals surface area contributed by atoms with Crippen LogP contribution in [0.25, 0.3) is 0 Å². The van der Waals surface area contributed by atoms with Gasteiger partial charge in [0.15, 0.2) is 0 Å². The number of hydrogen-bond acceptors (Lipinski definition) is 2. The second-order valence-electron chi connectivity index (χ2n) is 10.6. The van der Waals surface area contributed by atoms with Crippen LogP contribution in [0.5, 0.6) is 0 Å². The minimum absolute atomic E-state index is 0.592. The second kappa shape index (κ2) is 9.77. The van der Waals surface area contributed by atoms with Crippen molar-refractivity contribution in [1.82, 2.24) is 4.98 Å². The summed E-state index contributed by atoms with van der Waals surface area (Å²) in [6, 6.07) is 36.9. The molecule has 0 amide bonds. The number of fused-ring (bicyclic) bond motifs is 1. The Morgan fingerprint density at radius 2 is 1.44 bits per heavy atom. The van der Waals surface area contributed by atoms with Gasteiger partial charge in [-0.1, -0.05) is 0 Å². The van der Waals surface area contributed by atoms with Gasteiger partial charge in [0.25, 0.3) is 0 Å². The molecule has 1 atom stereocenters. The van der Waals surface area contributed by atoms with E-state index in [4.69, 9.17) is 4.98 Å². The predicted octanol–water partition coefficient (Wildman–Crippen LogP) is 6.68. The number of nitrogens with one attached hydrogen (secondary N) is 1. The maximum atomic E-state index is 5.10. The van der Waals surface area contributed by atoms with Gasteiger partial charge in [-0.2, -0.15) is 0 Å². The van der Waals surface area contributed by atoms with E-state index >= 15 is 0 Å². The number of aryl methyl sites for hydroxylation is 1. The first-order valence-corrected chi connectivity index (χ1v) is 16.7. The fourth-order valence-electron chi connectivity index (χ4n) is 6.95. The van der Waals surface area contributed by atoms with Crippen molar-refractivity contribution in [2.45, 2.75) is 32.1 Å². The summed E-state index contributed by atoms with van der Waals surface area (Å²) in [6.07, 6.45) is 8.33. The Labute approximate surface area is 223 Å². The average molecular weight is 558 g/mol. The number of pyridine rings is 1. The van der Waals surface area contributed by atoms with Crippen LogP contribution in [-0.2, 0) is 12.8 Å². The van der Waals surface area contributed by atoms with Crippen LogP contribution in [0.1, 0.15) is 30.5 Å². The molecular formula is C32H34BrN2P. The molecule has 0 aliphatic carbocycles. The van der Waals surface area contributed by atoms with Crippen LogP contribution in [0, 0.1) is 5.92 Å². The quantitative estimate of drug-likeness (QED) is 0.277. The molecule has 1 saturated heterocycles. The monoisotopic (exact) mass is 556 g/mol. The Morgan fingerprint density at radius 3 is 2.14 bits per heavy atom. The molecule has 3 aromatic carbocycles. The zero-order chi connectivity index (χ0) is 24.5. The van der Waals surface area contributed by atoms with Crippen molar-refractivity contribution in [2.75, 3.05) is 24.2 Å². The van der Waals surface area contributed by atoms with Gasteiger partial charge >= 0.3 is 224 Å². The van der Waals surface area contributed by atoms with Crippen LogP contribution >= 0.6 is 22.5 Å². The standard InChI is InChI=1S/C32H34BrN2P/c33-27-16-19-31(20-17-27)36(29-11-3-1-4-12-29,30-13-5-2-6-14-30)22-8-9-25(24-36)23-28-18-15-26-10-7-21-34-32(26)35-28/h1-6,11-20,25H,7-10,21-24H2,(H,34,35). The number of anilines is 1. The van der Waals surface area contributed by atoms with Gasteiger partial charge in [0.1, 0.15) is 0 Å². The molecule has 2 aliphatic heterocycles. The summed E-state index contributed by atoms with van der Waals surface area (Å²) >= 11 is 3.70. The summed E-state index contributed by atoms with van der Waals surface area (Å²) in [5.74, 6) is 1.71. The summed E-state index contributed by atoms with van der Waals surface area (Å²) < 4.78 is 1.14. The van der Waals surface area contributed by atoms with Crippen molar-refractivity contribution in [3.8, 4) is 0 Å². The molecule has 1 unspecified atom stereocenters. The first kappa shape index (κ1) is 23.9. The van der Waals surface area contributed by atoms with Gasteiger partial charge in [0.05, 0.1) is 0 Å². The van der Waals surface area contributed by atoms with Crippen LogP contribution in [0.15, 0.2) is 102 Å². The van der Waals surface area contributed by atoms with Crippen LogP contribution in [0.4, 0.5) is 5.82 Å². The van der Waals surface area contributed by atoms with E-state index in [1.807, 2.05) is 0 Å². The molecule has 0 radical (unpaired) electrons. The van der Waals surface area contributed by atoms with Gasteiger partial charge in [0.2, 0.25) is 0 Å². The van der Waals surface area contributed by atoms with E-state index in [2.05, 4.69) is 118 Å². The number of rotatable bonds is 5. The molecular weight excluding hydrogens is 523 g/mol. The van der Waals surface area contributed by atoms with Gasteiger partial charge < -0.3 is 0 Å². The van der Waals surface area contributed by atoms with Crippen LogP contribution in [0.2, 0.25) is 0 Å². The van der Waals surface area contributed by atoms with Gasteiger partial charge in [-0.15, -0.1) is 0 Å². The van der Waals surface area contributed by atoms with Crippen molar-refractivity contribution >= 4 is 44.3 Å². The summed E-state index contributed by atoms with van der Waals surface area (Å²) in [6.45, 7) is -1.68. The number of nitrogens with zero attached hydrogens (tertiary/aromatic N) is 1. The molecule has 3 heterocycles. The number of hydrogen-bond donors (Lipinski definition) is 1. The Bertz CT molecular complexity index is 1300. The molecule has 1 aromatic heterocycles. The summed E-state index contributed by atoms with van der Waals surface area (Å²) in [5, 5.41) is 8.12. The predicted molar refractivity (Wildman–Crippen MR) is 160 cm³/mol. The molecule has 2 nitrogen and oxygen atoms in total. The third kappa shape index (κ3) is 4.01. The van der Waals surface area contributed by atoms with Gasteiger partial charge in [-0.3, -0.25) is 0 Å². The molecule has 0 bridgehead atoms. The SMILES string of the molecule is Brc1ccc(P2(c3ccccc3)(c3ccccc3)CCCC(Cc3ccc4c(n3)NCCC4)C2)cc1. The summed E-state index contributed by atoms with van der Waals surface area (Å²) in [4.78, 5) is 5.10. The number of benzene rings is 3. The maximum absolute atomic E-state index is 5.10. The third-order valence-electron chi connectivity index (χ3n) is 8.58. The van der Waals surface area contributed by atoms with E-state index in [1.54, 1.807) is 0 Å². The van der Waals surface area contributed by atoms with Crippen LogP contribution in [0.3, 0.4) is 0 Å². The Hall–Kier alpha value is -2.48. The molecule has 0 spiro atoms. The first-order chi connectivity index (χ1) is 17.7. The zero-order valence-electron chi connectivity index (χ0n) is 20.7. The van der Waals surface area contributed by atoms with Crippen LogP contribution in [-0.4, -0.2) is 23.9 Å². The Kier molecular flexibility index (Phi) is 6.48. The van der Waals surface area contributed by atoms with Gasteiger partial charge in [-0.05, 0) is 0 Å². The van der Waals surface area contributed by atoms with E-state index in [0.29, 0.717) is 5.92 Å². The molecule has 2 aliphatic rings. The van der Waals surface area contributed by atoms with E-state index in [0.717, 1.165) is 29.7 Å². The fourth-order valence-corrected chi connectivity index (χ4v) is 14.7. The van der Waals surface area contributed by atoms with E-state index in [9.17, 15) is 0 Å². The molecule has 0 saturated carbocycles. The Morgan fingerprint density at radius 1 is 0.778 bits per heavy atom. The molecule has 4 heteroatoms. The van der Waals surface area contributed by atoms with Crippen molar-refractivity contribution in [1.29, 1.82) is 0 Å². The minimum atomic E-state index is -2.72. The van der Waals surface area contributed by atoms with E-state index in [1.165, 1.54) is 58.8 Å². The van der Waals surface area contributed by atoms with Gasteiger partial charge in [-0.25, -0.2) is 0 Å². The van der Waals surface area contributed by atoms with Crippen molar-refractivity contribution in [3.05, 3.63) is 113 Å². The molecule has 184 valence electrons. The third-order valence-corrected chi connectivity index (χ3v) is 16.4. The summed E-state index contributed by atoms with van der Waals surface area (Å²) in [7, 11) is 0. The van der Waals surface area contributed by atoms with Crippen LogP contribution < -0.4 is 21.2 Å². The first-order valence-electron chi connectivity index (χ1n) is 13.3. The second-order valence-corrected chi connectivity index (χ2v) is 16.9. The normalized spacial score (nSPS) is 21.4. The van der Waals surface area contributed by atoms with Crippen molar-refractivity contribution in [3.63, 3.8) is 0 Å². The molecule has 6 rings (SSSR count). The van der Waals surface area contributed by atoms with E-state index < -0.39 is 6.60 Å². The van der Waals surface area contributed by atoms with Crippen molar-refractivity contribution in [2.24, 2.45) is 5.92 Å². The number of aromatic nitrogens is 1. The zero-order valence-corrected chi connectivity index (χ0v) is 23.2. The molecule has 1 N–H and O–H groups in total. The Balaban J connectivity index is 1.50. The summed E-state index contributed by atoms with van der Waals surface area (Å²) in [5.41, 5.74) is 2.61. The van der Waals surface area contributed by atoms with Gasteiger partial charge in [0, 0.05) is 0 Å². The fraction of sp³-hybridized carbons (Fsp3) is 0.281. The number of halogens is 1. The van der Waals surface area contributed by atoms with E-state index in [-0.39, 0.29) is 0 Å². The molecule has 1 fully saturated rings. The van der Waals surface area contributed by atoms with Crippen molar-refractivity contribution < 1.29 is 0 Å². The average Bonchev–Trinajstić information content (AvgIpc) is 2.94. The topological polar surface area (TPSA) is 24.9 Å².